The molecule has 4 nitrogen and oxygen atoms in total. The number of para-hydroxylation sites is 1. The summed E-state index contributed by atoms with van der Waals surface area (Å²) in [5.41, 5.74) is 0.503. The summed E-state index contributed by atoms with van der Waals surface area (Å²) in [6.07, 6.45) is 0. The minimum Gasteiger partial charge on any atom is -0.350 e. The third-order valence-corrected chi connectivity index (χ3v) is 5.34. The van der Waals surface area contributed by atoms with E-state index in [-0.39, 0.29) is 27.7 Å². The molecule has 28 heavy (non-hydrogen) atoms. The molecule has 8 heteroatoms. The average Bonchev–Trinajstić information content (AvgIpc) is 3.27. The second-order valence-corrected chi connectivity index (χ2v) is 7.23. The highest BCUT2D eigenvalue weighted by molar-refractivity contribution is 7.11. The van der Waals surface area contributed by atoms with Crippen molar-refractivity contribution in [2.45, 2.75) is 0 Å². The number of imide groups is 1. The van der Waals surface area contributed by atoms with Crippen LogP contribution in [-0.4, -0.2) is 11.8 Å². The summed E-state index contributed by atoms with van der Waals surface area (Å²) in [5, 5.41) is 4.78. The minimum atomic E-state index is -1.07. The average molecular weight is 417 g/mol. The Labute approximate surface area is 167 Å². The van der Waals surface area contributed by atoms with Crippen LogP contribution in [0.2, 0.25) is 5.02 Å². The molecule has 3 aromatic rings. The highest BCUT2D eigenvalue weighted by atomic mass is 35.5. The van der Waals surface area contributed by atoms with Crippen molar-refractivity contribution in [1.29, 1.82) is 0 Å². The van der Waals surface area contributed by atoms with Crippen molar-refractivity contribution >= 4 is 51.7 Å². The molecule has 1 aliphatic heterocycles. The van der Waals surface area contributed by atoms with Gasteiger partial charge < -0.3 is 5.32 Å². The quantitative estimate of drug-likeness (QED) is 0.604. The van der Waals surface area contributed by atoms with Gasteiger partial charge in [0.2, 0.25) is 0 Å². The summed E-state index contributed by atoms with van der Waals surface area (Å²) in [5.74, 6) is -3.26. The molecule has 0 radical (unpaired) electrons. The van der Waals surface area contributed by atoms with E-state index in [0.29, 0.717) is 4.88 Å². The topological polar surface area (TPSA) is 49.4 Å². The summed E-state index contributed by atoms with van der Waals surface area (Å²) < 4.78 is 26.8. The van der Waals surface area contributed by atoms with Crippen LogP contribution in [-0.2, 0) is 9.59 Å². The number of thiophene rings is 1. The molecule has 2 aromatic carbocycles. The lowest BCUT2D eigenvalue weighted by Crippen LogP contribution is -2.32. The van der Waals surface area contributed by atoms with E-state index < -0.39 is 23.4 Å². The Balaban J connectivity index is 1.82. The fourth-order valence-corrected chi connectivity index (χ4v) is 3.85. The number of halogens is 3. The molecule has 4 rings (SSSR count). The van der Waals surface area contributed by atoms with Gasteiger partial charge in [0.25, 0.3) is 11.8 Å². The van der Waals surface area contributed by atoms with E-state index in [2.05, 4.69) is 5.32 Å². The summed E-state index contributed by atoms with van der Waals surface area (Å²) >= 11 is 7.46. The van der Waals surface area contributed by atoms with Crippen LogP contribution >= 0.6 is 22.9 Å². The third-order valence-electron chi connectivity index (χ3n) is 4.13. The van der Waals surface area contributed by atoms with Crippen molar-refractivity contribution in [3.8, 4) is 0 Å². The van der Waals surface area contributed by atoms with Gasteiger partial charge in [-0.15, -0.1) is 11.3 Å². The van der Waals surface area contributed by atoms with E-state index >= 15 is 0 Å². The summed E-state index contributed by atoms with van der Waals surface area (Å²) in [6.45, 7) is 0. The summed E-state index contributed by atoms with van der Waals surface area (Å²) in [6, 6.07) is 13.1. The van der Waals surface area contributed by atoms with Crippen LogP contribution in [0.15, 0.2) is 65.7 Å². The molecular formula is C20H11ClF2N2O2S. The van der Waals surface area contributed by atoms with Gasteiger partial charge in [-0.1, -0.05) is 29.8 Å². The van der Waals surface area contributed by atoms with Crippen LogP contribution in [0.3, 0.4) is 0 Å². The highest BCUT2D eigenvalue weighted by Gasteiger charge is 2.41. The molecule has 0 fully saturated rings. The molecule has 0 atom stereocenters. The van der Waals surface area contributed by atoms with Gasteiger partial charge in [0.1, 0.15) is 5.70 Å². The fourth-order valence-electron chi connectivity index (χ4n) is 2.87. The highest BCUT2D eigenvalue weighted by Crippen LogP contribution is 2.37. The van der Waals surface area contributed by atoms with Crippen LogP contribution in [0, 0.1) is 11.6 Å². The van der Waals surface area contributed by atoms with Gasteiger partial charge in [0, 0.05) is 16.6 Å². The Morgan fingerprint density at radius 2 is 1.71 bits per heavy atom. The van der Waals surface area contributed by atoms with Crippen LogP contribution < -0.4 is 10.2 Å². The van der Waals surface area contributed by atoms with Gasteiger partial charge in [0.05, 0.1) is 16.3 Å². The molecule has 140 valence electrons. The Bertz CT molecular complexity index is 1130. The van der Waals surface area contributed by atoms with Gasteiger partial charge >= 0.3 is 0 Å². The van der Waals surface area contributed by atoms with Crippen molar-refractivity contribution in [2.24, 2.45) is 0 Å². The van der Waals surface area contributed by atoms with Crippen molar-refractivity contribution < 1.29 is 18.4 Å². The van der Waals surface area contributed by atoms with Gasteiger partial charge in [-0.05, 0) is 35.7 Å². The predicted molar refractivity (Wildman–Crippen MR) is 105 cm³/mol. The Morgan fingerprint density at radius 1 is 0.929 bits per heavy atom. The maximum atomic E-state index is 13.6. The molecule has 0 aliphatic carbocycles. The number of hydrogen-bond donors (Lipinski definition) is 1. The number of rotatable bonds is 4. The minimum absolute atomic E-state index is 0.0293. The lowest BCUT2D eigenvalue weighted by atomic mass is 10.2. The zero-order chi connectivity index (χ0) is 19.8. The number of benzene rings is 2. The van der Waals surface area contributed by atoms with Crippen LogP contribution in [0.1, 0.15) is 4.88 Å². The molecule has 0 bridgehead atoms. The van der Waals surface area contributed by atoms with Crippen molar-refractivity contribution in [1.82, 2.24) is 0 Å². The van der Waals surface area contributed by atoms with Crippen LogP contribution in [0.25, 0.3) is 5.57 Å². The monoisotopic (exact) mass is 416 g/mol. The largest absolute Gasteiger partial charge is 0.350 e. The van der Waals surface area contributed by atoms with Gasteiger partial charge in [0.15, 0.2) is 11.6 Å². The zero-order valence-electron chi connectivity index (χ0n) is 14.1. The van der Waals surface area contributed by atoms with E-state index in [9.17, 15) is 18.4 Å². The second-order valence-electron chi connectivity index (χ2n) is 5.88. The maximum absolute atomic E-state index is 13.6. The molecule has 1 aromatic heterocycles. The first-order valence-corrected chi connectivity index (χ1v) is 9.36. The number of nitrogens with zero attached hydrogens (tertiary/aromatic N) is 1. The molecule has 0 unspecified atom stereocenters. The van der Waals surface area contributed by atoms with Crippen molar-refractivity contribution in [3.63, 3.8) is 0 Å². The number of hydrogen-bond acceptors (Lipinski definition) is 4. The molecule has 1 aliphatic rings. The van der Waals surface area contributed by atoms with Crippen LogP contribution in [0.5, 0.6) is 0 Å². The summed E-state index contributed by atoms with van der Waals surface area (Å²) in [4.78, 5) is 27.7. The van der Waals surface area contributed by atoms with E-state index in [1.807, 2.05) is 0 Å². The molecular weight excluding hydrogens is 406 g/mol. The number of carbonyl (C=O) groups is 2. The number of anilines is 2. The first-order chi connectivity index (χ1) is 13.5. The number of nitrogens with one attached hydrogen (secondary N) is 1. The zero-order valence-corrected chi connectivity index (χ0v) is 15.7. The van der Waals surface area contributed by atoms with Gasteiger partial charge in [-0.2, -0.15) is 0 Å². The van der Waals surface area contributed by atoms with Gasteiger partial charge in [-0.25, -0.2) is 13.7 Å². The van der Waals surface area contributed by atoms with Crippen molar-refractivity contribution in [2.75, 3.05) is 10.2 Å². The smallest absolute Gasteiger partial charge is 0.282 e. The molecule has 1 N–H and O–H groups in total. The first kappa shape index (κ1) is 18.3. The maximum Gasteiger partial charge on any atom is 0.282 e. The summed E-state index contributed by atoms with van der Waals surface area (Å²) in [7, 11) is 0. The molecule has 0 saturated carbocycles. The molecule has 2 heterocycles. The van der Waals surface area contributed by atoms with Crippen molar-refractivity contribution in [3.05, 3.63) is 87.2 Å². The predicted octanol–water partition coefficient (Wildman–Crippen LogP) is 5.08. The number of amides is 2. The van der Waals surface area contributed by atoms with E-state index in [4.69, 9.17) is 11.6 Å². The normalized spacial score (nSPS) is 14.2. The SMILES string of the molecule is O=C1C(Nc2ccc(F)c(F)c2)=C(c2cccs2)C(=O)N1c1ccccc1Cl. The van der Waals surface area contributed by atoms with E-state index in [0.717, 1.165) is 17.0 Å². The Kier molecular flexibility index (Phi) is 4.70. The number of carbonyl (C=O) groups excluding carboxylic acids is 2. The Morgan fingerprint density at radius 3 is 2.39 bits per heavy atom. The Hall–Kier alpha value is -3.03. The van der Waals surface area contributed by atoms with E-state index in [1.165, 1.54) is 17.4 Å². The molecule has 0 saturated heterocycles. The fraction of sp³-hybridized carbons (Fsp3) is 0. The second kappa shape index (κ2) is 7.18. The lowest BCUT2D eigenvalue weighted by molar-refractivity contribution is -0.120. The third kappa shape index (κ3) is 3.08. The molecule has 0 spiro atoms. The van der Waals surface area contributed by atoms with E-state index in [1.54, 1.807) is 41.8 Å². The molecule has 2 amide bonds. The first-order valence-electron chi connectivity index (χ1n) is 8.11. The standard InChI is InChI=1S/C20H11ClF2N2O2S/c21-12-4-1-2-5-15(12)25-19(26)17(16-6-3-9-28-16)18(20(25)27)24-11-7-8-13(22)14(23)10-11/h1-10,24H. The van der Waals surface area contributed by atoms with Crippen LogP contribution in [0.4, 0.5) is 20.2 Å². The lowest BCUT2D eigenvalue weighted by Gasteiger charge is -2.16. The van der Waals surface area contributed by atoms with Gasteiger partial charge in [-0.3, -0.25) is 9.59 Å².